The van der Waals surface area contributed by atoms with Gasteiger partial charge in [-0.25, -0.2) is 8.42 Å². The van der Waals surface area contributed by atoms with Crippen molar-refractivity contribution in [2.24, 2.45) is 0 Å². The number of para-hydroxylation sites is 1. The monoisotopic (exact) mass is 377 g/mol. The predicted molar refractivity (Wildman–Crippen MR) is 98.5 cm³/mol. The normalized spacial score (nSPS) is 18.1. The average Bonchev–Trinajstić information content (AvgIpc) is 3.12. The number of carbonyl (C=O) groups is 1. The third kappa shape index (κ3) is 4.07. The lowest BCUT2D eigenvalue weighted by atomic mass is 10.1. The summed E-state index contributed by atoms with van der Waals surface area (Å²) in [6.07, 6.45) is 1.14. The quantitative estimate of drug-likeness (QED) is 0.865. The number of hydrogen-bond donors (Lipinski definition) is 1. The molecule has 1 aromatic carbocycles. The first kappa shape index (κ1) is 18.4. The first-order valence-corrected chi connectivity index (χ1v) is 10.2. The largest absolute Gasteiger partial charge is 0.351 e. The Hall–Kier alpha value is -2.35. The van der Waals surface area contributed by atoms with Crippen molar-refractivity contribution in [2.75, 3.05) is 17.8 Å². The molecule has 0 unspecified atom stereocenters. The number of sulfonamides is 1. The van der Waals surface area contributed by atoms with Gasteiger partial charge in [0.1, 0.15) is 0 Å². The zero-order valence-electron chi connectivity index (χ0n) is 14.9. The van der Waals surface area contributed by atoms with Gasteiger partial charge in [0.05, 0.1) is 10.9 Å². The highest BCUT2D eigenvalue weighted by Crippen LogP contribution is 2.22. The third-order valence-corrected chi connectivity index (χ3v) is 6.25. The van der Waals surface area contributed by atoms with Gasteiger partial charge in [-0.05, 0) is 30.9 Å². The molecule has 26 heavy (non-hydrogen) atoms. The number of hydrogen-bond acceptors (Lipinski definition) is 5. The highest BCUT2D eigenvalue weighted by atomic mass is 32.2. The third-order valence-electron chi connectivity index (χ3n) is 4.47. The maximum Gasteiger partial charge on any atom is 0.292 e. The molecule has 1 amide bonds. The number of piperidine rings is 1. The second-order valence-corrected chi connectivity index (χ2v) is 8.76. The van der Waals surface area contributed by atoms with Crippen LogP contribution in [0.3, 0.4) is 0 Å². The van der Waals surface area contributed by atoms with Crippen molar-refractivity contribution in [1.82, 2.24) is 10.1 Å². The van der Waals surface area contributed by atoms with Gasteiger partial charge in [0.25, 0.3) is 5.91 Å². The maximum absolute atomic E-state index is 12.7. The summed E-state index contributed by atoms with van der Waals surface area (Å²) in [4.78, 5) is 14.2. The molecule has 7 nitrogen and oxygen atoms in total. The smallest absolute Gasteiger partial charge is 0.292 e. The van der Waals surface area contributed by atoms with Gasteiger partial charge in [-0.2, -0.15) is 0 Å². The summed E-state index contributed by atoms with van der Waals surface area (Å²) in [6.45, 7) is 4.57. The van der Waals surface area contributed by atoms with Crippen LogP contribution in [0.25, 0.3) is 0 Å². The molecule has 0 saturated carbocycles. The Labute approximate surface area is 153 Å². The summed E-state index contributed by atoms with van der Waals surface area (Å²) in [5.41, 5.74) is 1.23. The van der Waals surface area contributed by atoms with E-state index in [0.29, 0.717) is 30.8 Å². The minimum absolute atomic E-state index is 0.138. The van der Waals surface area contributed by atoms with Crippen LogP contribution < -0.4 is 4.72 Å². The van der Waals surface area contributed by atoms with Crippen molar-refractivity contribution < 1.29 is 17.7 Å². The molecule has 1 atom stereocenters. The molecule has 1 aliphatic rings. The number of benzene rings is 1. The van der Waals surface area contributed by atoms with E-state index in [4.69, 9.17) is 4.52 Å². The van der Waals surface area contributed by atoms with Crippen LogP contribution in [0.1, 0.15) is 48.9 Å². The van der Waals surface area contributed by atoms with Crippen molar-refractivity contribution in [1.29, 1.82) is 0 Å². The fourth-order valence-corrected chi connectivity index (χ4v) is 4.43. The van der Waals surface area contributed by atoms with Crippen molar-refractivity contribution in [3.05, 3.63) is 47.9 Å². The second kappa shape index (κ2) is 7.49. The zero-order chi connectivity index (χ0) is 18.7. The molecule has 8 heteroatoms. The van der Waals surface area contributed by atoms with Crippen LogP contribution >= 0.6 is 0 Å². The highest BCUT2D eigenvalue weighted by molar-refractivity contribution is 7.93. The molecule has 0 spiro atoms. The van der Waals surface area contributed by atoms with Gasteiger partial charge >= 0.3 is 0 Å². The van der Waals surface area contributed by atoms with E-state index in [2.05, 4.69) is 9.88 Å². The predicted octanol–water partition coefficient (Wildman–Crippen LogP) is 2.84. The Morgan fingerprint density at radius 1 is 1.31 bits per heavy atom. The Bertz CT molecular complexity index is 862. The molecule has 1 aliphatic heterocycles. The van der Waals surface area contributed by atoms with Crippen molar-refractivity contribution in [3.8, 4) is 0 Å². The number of anilines is 1. The van der Waals surface area contributed by atoms with Gasteiger partial charge < -0.3 is 9.42 Å². The summed E-state index contributed by atoms with van der Waals surface area (Å²) >= 11 is 0. The lowest BCUT2D eigenvalue weighted by Crippen LogP contribution is -2.46. The van der Waals surface area contributed by atoms with E-state index in [-0.39, 0.29) is 24.1 Å². The van der Waals surface area contributed by atoms with Crippen LogP contribution in [0.2, 0.25) is 0 Å². The van der Waals surface area contributed by atoms with Crippen LogP contribution in [0.5, 0.6) is 0 Å². The lowest BCUT2D eigenvalue weighted by molar-refractivity contribution is 0.0685. The van der Waals surface area contributed by atoms with Gasteiger partial charge in [-0.1, -0.05) is 37.2 Å². The number of nitrogens with one attached hydrogen (secondary N) is 1. The molecule has 3 rings (SSSR count). The minimum atomic E-state index is -3.58. The molecule has 0 bridgehead atoms. The Kier molecular flexibility index (Phi) is 5.31. The first-order valence-electron chi connectivity index (χ1n) is 8.69. The summed E-state index contributed by atoms with van der Waals surface area (Å²) in [5, 5.41) is 3.24. The molecular formula is C18H23N3O4S. The summed E-state index contributed by atoms with van der Waals surface area (Å²) in [7, 11) is -3.58. The average molecular weight is 377 g/mol. The molecule has 0 aliphatic carbocycles. The Morgan fingerprint density at radius 3 is 2.69 bits per heavy atom. The van der Waals surface area contributed by atoms with Crippen molar-refractivity contribution >= 4 is 21.6 Å². The topological polar surface area (TPSA) is 92.5 Å². The Morgan fingerprint density at radius 2 is 2.04 bits per heavy atom. The van der Waals surface area contributed by atoms with Crippen LogP contribution in [0.15, 0.2) is 40.9 Å². The first-order chi connectivity index (χ1) is 12.4. The Balaban J connectivity index is 1.71. The lowest BCUT2D eigenvalue weighted by Gasteiger charge is -2.31. The number of nitrogens with zero attached hydrogens (tertiary/aromatic N) is 2. The van der Waals surface area contributed by atoms with Crippen molar-refractivity contribution in [3.63, 3.8) is 0 Å². The van der Waals surface area contributed by atoms with Gasteiger partial charge in [0.15, 0.2) is 0 Å². The summed E-state index contributed by atoms with van der Waals surface area (Å²) in [5.74, 6) is -0.00312. The number of amides is 1. The van der Waals surface area contributed by atoms with E-state index >= 15 is 0 Å². The number of aromatic nitrogens is 1. The molecule has 1 N–H and O–H groups in total. The van der Waals surface area contributed by atoms with Crippen LogP contribution in [0, 0.1) is 0 Å². The SMILES string of the molecule is CC(C)c1cc(C(=O)N2CCC[C@H](S(=O)(=O)Nc3ccccc3)C2)on1. The van der Waals surface area contributed by atoms with E-state index in [1.54, 1.807) is 30.3 Å². The summed E-state index contributed by atoms with van der Waals surface area (Å²) in [6, 6.07) is 10.4. The molecule has 0 radical (unpaired) electrons. The molecule has 1 fully saturated rings. The standard InChI is InChI=1S/C18H23N3O4S/c1-13(2)16-11-17(25-19-16)18(22)21-10-6-9-15(12-21)26(23,24)20-14-7-4-3-5-8-14/h3-5,7-8,11,13,15,20H,6,9-10,12H2,1-2H3/t15-/m0/s1. The zero-order valence-corrected chi connectivity index (χ0v) is 15.7. The number of carbonyl (C=O) groups excluding carboxylic acids is 1. The second-order valence-electron chi connectivity index (χ2n) is 6.80. The van der Waals surface area contributed by atoms with Crippen LogP contribution in [-0.4, -0.2) is 42.7 Å². The molecule has 1 saturated heterocycles. The fraction of sp³-hybridized carbons (Fsp3) is 0.444. The van der Waals surface area contributed by atoms with E-state index in [9.17, 15) is 13.2 Å². The summed E-state index contributed by atoms with van der Waals surface area (Å²) < 4.78 is 33.1. The molecule has 140 valence electrons. The molecule has 1 aromatic heterocycles. The van der Waals surface area contributed by atoms with Crippen LogP contribution in [0.4, 0.5) is 5.69 Å². The molecular weight excluding hydrogens is 354 g/mol. The fourth-order valence-electron chi connectivity index (χ4n) is 2.95. The van der Waals surface area contributed by atoms with Crippen molar-refractivity contribution in [2.45, 2.75) is 37.9 Å². The van der Waals surface area contributed by atoms with Gasteiger partial charge in [0.2, 0.25) is 15.8 Å². The molecule has 2 aromatic rings. The van der Waals surface area contributed by atoms with E-state index in [1.807, 2.05) is 19.9 Å². The number of likely N-dealkylation sites (tertiary alicyclic amines) is 1. The van der Waals surface area contributed by atoms with E-state index in [1.165, 1.54) is 4.90 Å². The van der Waals surface area contributed by atoms with Gasteiger partial charge in [-0.3, -0.25) is 9.52 Å². The minimum Gasteiger partial charge on any atom is -0.351 e. The van der Waals surface area contributed by atoms with E-state index < -0.39 is 15.3 Å². The van der Waals surface area contributed by atoms with E-state index in [0.717, 1.165) is 0 Å². The molecule has 2 heterocycles. The maximum atomic E-state index is 12.7. The van der Waals surface area contributed by atoms with Gasteiger partial charge in [-0.15, -0.1) is 0 Å². The van der Waals surface area contributed by atoms with Crippen LogP contribution in [-0.2, 0) is 10.0 Å². The number of rotatable bonds is 5. The highest BCUT2D eigenvalue weighted by Gasteiger charge is 2.34. The van der Waals surface area contributed by atoms with Gasteiger partial charge in [0, 0.05) is 24.8 Å².